The second-order valence-electron chi connectivity index (χ2n) is 9.18. The summed E-state index contributed by atoms with van der Waals surface area (Å²) in [5.41, 5.74) is 2.33. The van der Waals surface area contributed by atoms with Crippen molar-refractivity contribution < 1.29 is 24.2 Å². The molecule has 9 heteroatoms. The van der Waals surface area contributed by atoms with Gasteiger partial charge in [-0.25, -0.2) is 14.6 Å². The lowest BCUT2D eigenvalue weighted by atomic mass is 9.86. The van der Waals surface area contributed by atoms with Crippen molar-refractivity contribution in [3.8, 4) is 0 Å². The summed E-state index contributed by atoms with van der Waals surface area (Å²) in [7, 11) is 0. The summed E-state index contributed by atoms with van der Waals surface area (Å²) in [6.45, 7) is 2.49. The highest BCUT2D eigenvalue weighted by Gasteiger charge is 2.33. The maximum atomic E-state index is 12.5. The van der Waals surface area contributed by atoms with Gasteiger partial charge in [-0.3, -0.25) is 4.79 Å². The molecule has 1 aromatic heterocycles. The van der Waals surface area contributed by atoms with Crippen LogP contribution in [0.4, 0.5) is 10.6 Å². The molecule has 2 aliphatic heterocycles. The number of rotatable bonds is 9. The highest BCUT2D eigenvalue weighted by molar-refractivity contribution is 5.87. The third-order valence-electron chi connectivity index (χ3n) is 6.71. The second-order valence-corrected chi connectivity index (χ2v) is 9.18. The molecule has 0 aromatic carbocycles. The standard InChI is InChI=1S/C23H32N4O5/c28-20(11-19(22(29)30)26-23(31)32-14-15-3-1-4-15)27-12-16(13-27)6-8-18-9-7-17-5-2-10-24-21(17)25-18/h7,9,15-16,19H,1-6,8,10-14H2,(H,24,25)(H,26,31)(H,29,30)/t19-/m0/s1. The largest absolute Gasteiger partial charge is 0.480 e. The number of fused-ring (bicyclic) bond motifs is 1. The van der Waals surface area contributed by atoms with Gasteiger partial charge in [-0.1, -0.05) is 12.5 Å². The molecule has 3 N–H and O–H groups in total. The van der Waals surface area contributed by atoms with E-state index in [2.05, 4.69) is 22.8 Å². The molecule has 1 atom stereocenters. The minimum atomic E-state index is -1.28. The number of pyridine rings is 1. The van der Waals surface area contributed by atoms with Gasteiger partial charge in [-0.15, -0.1) is 0 Å². The fourth-order valence-corrected chi connectivity index (χ4v) is 4.36. The number of carboxylic acid groups (broad SMARTS) is 1. The Labute approximate surface area is 187 Å². The molecule has 0 spiro atoms. The first-order chi connectivity index (χ1) is 15.5. The van der Waals surface area contributed by atoms with Gasteiger partial charge in [0, 0.05) is 25.3 Å². The van der Waals surface area contributed by atoms with Crippen LogP contribution in [0, 0.1) is 11.8 Å². The molecular weight excluding hydrogens is 412 g/mol. The molecule has 2 amide bonds. The van der Waals surface area contributed by atoms with Gasteiger partial charge in [-0.2, -0.15) is 0 Å². The van der Waals surface area contributed by atoms with Crippen LogP contribution >= 0.6 is 0 Å². The maximum Gasteiger partial charge on any atom is 0.407 e. The van der Waals surface area contributed by atoms with Crippen LogP contribution in [0.25, 0.3) is 0 Å². The number of amides is 2. The number of carboxylic acids is 1. The van der Waals surface area contributed by atoms with Crippen LogP contribution in [-0.4, -0.2) is 65.2 Å². The van der Waals surface area contributed by atoms with E-state index in [9.17, 15) is 19.5 Å². The molecule has 32 heavy (non-hydrogen) atoms. The van der Waals surface area contributed by atoms with Crippen molar-refractivity contribution in [2.24, 2.45) is 11.8 Å². The van der Waals surface area contributed by atoms with E-state index < -0.39 is 18.1 Å². The molecule has 1 saturated heterocycles. The predicted octanol–water partition coefficient (Wildman–Crippen LogP) is 2.20. The van der Waals surface area contributed by atoms with Gasteiger partial charge < -0.3 is 25.4 Å². The van der Waals surface area contributed by atoms with E-state index in [4.69, 9.17) is 9.72 Å². The van der Waals surface area contributed by atoms with Crippen LogP contribution in [0.15, 0.2) is 12.1 Å². The Balaban J connectivity index is 1.16. The number of nitrogens with zero attached hydrogens (tertiary/aromatic N) is 2. The van der Waals surface area contributed by atoms with E-state index >= 15 is 0 Å². The number of ether oxygens (including phenoxy) is 1. The summed E-state index contributed by atoms with van der Waals surface area (Å²) >= 11 is 0. The molecule has 174 valence electrons. The lowest BCUT2D eigenvalue weighted by Crippen LogP contribution is -2.53. The van der Waals surface area contributed by atoms with Crippen molar-refractivity contribution in [1.29, 1.82) is 0 Å². The van der Waals surface area contributed by atoms with Crippen molar-refractivity contribution in [3.05, 3.63) is 23.4 Å². The molecule has 1 aliphatic carbocycles. The first-order valence-electron chi connectivity index (χ1n) is 11.6. The number of carbonyl (C=O) groups is 3. The Bertz CT molecular complexity index is 851. The SMILES string of the molecule is O=C(N[C@@H](CC(=O)N1CC(CCc2ccc3c(n2)NCCC3)C1)C(=O)O)OCC1CCC1. The number of hydrogen-bond acceptors (Lipinski definition) is 6. The van der Waals surface area contributed by atoms with Gasteiger partial charge >= 0.3 is 12.1 Å². The summed E-state index contributed by atoms with van der Waals surface area (Å²) in [4.78, 5) is 42.2. The number of alkyl carbamates (subject to hydrolysis) is 1. The molecule has 9 nitrogen and oxygen atoms in total. The Hall–Kier alpha value is -2.84. The summed E-state index contributed by atoms with van der Waals surface area (Å²) in [5.74, 6) is 0.259. The van der Waals surface area contributed by atoms with Crippen molar-refractivity contribution in [2.45, 2.75) is 57.4 Å². The van der Waals surface area contributed by atoms with Crippen molar-refractivity contribution in [2.75, 3.05) is 31.6 Å². The average molecular weight is 445 g/mol. The van der Waals surface area contributed by atoms with E-state index in [1.807, 2.05) is 0 Å². The van der Waals surface area contributed by atoms with E-state index in [1.165, 1.54) is 5.56 Å². The van der Waals surface area contributed by atoms with Crippen LogP contribution in [0.5, 0.6) is 0 Å². The normalized spacial score (nSPS) is 19.1. The molecule has 4 rings (SSSR count). The summed E-state index contributed by atoms with van der Waals surface area (Å²) in [6, 6.07) is 2.96. The number of carbonyl (C=O) groups excluding carboxylic acids is 2. The zero-order chi connectivity index (χ0) is 22.5. The van der Waals surface area contributed by atoms with Crippen molar-refractivity contribution in [1.82, 2.24) is 15.2 Å². The number of aromatic nitrogens is 1. The number of aliphatic carboxylic acids is 1. The fraction of sp³-hybridized carbons (Fsp3) is 0.652. The quantitative estimate of drug-likeness (QED) is 0.534. The highest BCUT2D eigenvalue weighted by atomic mass is 16.5. The third kappa shape index (κ3) is 5.69. The predicted molar refractivity (Wildman–Crippen MR) is 117 cm³/mol. The van der Waals surface area contributed by atoms with Gasteiger partial charge in [0.25, 0.3) is 0 Å². The average Bonchev–Trinajstić information content (AvgIpc) is 2.70. The smallest absolute Gasteiger partial charge is 0.407 e. The lowest BCUT2D eigenvalue weighted by molar-refractivity contribution is -0.145. The van der Waals surface area contributed by atoms with E-state index in [1.54, 1.807) is 4.90 Å². The van der Waals surface area contributed by atoms with Crippen LogP contribution in [0.2, 0.25) is 0 Å². The number of aryl methyl sites for hydroxylation is 2. The third-order valence-corrected chi connectivity index (χ3v) is 6.71. The molecule has 1 aromatic rings. The van der Waals surface area contributed by atoms with Crippen molar-refractivity contribution >= 4 is 23.8 Å². The van der Waals surface area contributed by atoms with E-state index in [0.717, 1.165) is 63.0 Å². The topological polar surface area (TPSA) is 121 Å². The molecule has 0 unspecified atom stereocenters. The molecule has 3 heterocycles. The molecule has 1 saturated carbocycles. The van der Waals surface area contributed by atoms with Crippen LogP contribution in [-0.2, 0) is 27.2 Å². The summed E-state index contributed by atoms with van der Waals surface area (Å²) < 4.78 is 5.09. The molecule has 2 fully saturated rings. The zero-order valence-corrected chi connectivity index (χ0v) is 18.3. The van der Waals surface area contributed by atoms with Gasteiger partial charge in [0.1, 0.15) is 11.9 Å². The molecule has 0 bridgehead atoms. The van der Waals surface area contributed by atoms with Gasteiger partial charge in [0.05, 0.1) is 13.0 Å². The van der Waals surface area contributed by atoms with E-state index in [0.29, 0.717) is 31.5 Å². The molecule has 3 aliphatic rings. The van der Waals surface area contributed by atoms with Gasteiger partial charge in [-0.05, 0) is 62.0 Å². The van der Waals surface area contributed by atoms with Crippen LogP contribution in [0.1, 0.15) is 49.8 Å². The maximum absolute atomic E-state index is 12.5. The van der Waals surface area contributed by atoms with Crippen LogP contribution in [0.3, 0.4) is 0 Å². The van der Waals surface area contributed by atoms with Gasteiger partial charge in [0.2, 0.25) is 5.91 Å². The molecule has 0 radical (unpaired) electrons. The Morgan fingerprint density at radius 2 is 2.03 bits per heavy atom. The zero-order valence-electron chi connectivity index (χ0n) is 18.3. The minimum Gasteiger partial charge on any atom is -0.480 e. The number of hydrogen-bond donors (Lipinski definition) is 3. The number of nitrogens with one attached hydrogen (secondary N) is 2. The highest BCUT2D eigenvalue weighted by Crippen LogP contribution is 2.26. The van der Waals surface area contributed by atoms with E-state index in [-0.39, 0.29) is 12.3 Å². The first-order valence-corrected chi connectivity index (χ1v) is 11.6. The second kappa shape index (κ2) is 10.2. The Kier molecular flexibility index (Phi) is 7.12. The van der Waals surface area contributed by atoms with Crippen molar-refractivity contribution in [3.63, 3.8) is 0 Å². The number of anilines is 1. The summed E-state index contributed by atoms with van der Waals surface area (Å²) in [6.07, 6.45) is 6.16. The minimum absolute atomic E-state index is 0.260. The molecular formula is C23H32N4O5. The van der Waals surface area contributed by atoms with Gasteiger partial charge in [0.15, 0.2) is 0 Å². The van der Waals surface area contributed by atoms with Crippen LogP contribution < -0.4 is 10.6 Å². The number of likely N-dealkylation sites (tertiary alicyclic amines) is 1. The Morgan fingerprint density at radius 1 is 1.22 bits per heavy atom. The summed E-state index contributed by atoms with van der Waals surface area (Å²) in [5, 5.41) is 15.0. The lowest BCUT2D eigenvalue weighted by Gasteiger charge is -2.40. The fourth-order valence-electron chi connectivity index (χ4n) is 4.36. The Morgan fingerprint density at radius 3 is 2.75 bits per heavy atom. The monoisotopic (exact) mass is 444 g/mol. The first kappa shape index (κ1) is 22.4.